The highest BCUT2D eigenvalue weighted by molar-refractivity contribution is 7.22. The summed E-state index contributed by atoms with van der Waals surface area (Å²) >= 11 is 1.57. The number of nitrogens with one attached hydrogen (secondary N) is 1. The minimum Gasteiger partial charge on any atom is -0.399 e. The summed E-state index contributed by atoms with van der Waals surface area (Å²) in [5, 5.41) is 3.51. The van der Waals surface area contributed by atoms with Crippen molar-refractivity contribution in [2.75, 3.05) is 30.8 Å². The van der Waals surface area contributed by atoms with Gasteiger partial charge in [0, 0.05) is 19.3 Å². The van der Waals surface area contributed by atoms with E-state index in [-0.39, 0.29) is 5.91 Å². The smallest absolute Gasteiger partial charge is 0.239 e. The van der Waals surface area contributed by atoms with Crippen LogP contribution < -0.4 is 16.0 Å². The number of aromatic nitrogens is 1. The molecule has 3 N–H and O–H groups in total. The highest BCUT2D eigenvalue weighted by Crippen LogP contribution is 2.30. The number of nitrogens with zero attached hydrogens (tertiary/aromatic N) is 2. The summed E-state index contributed by atoms with van der Waals surface area (Å²) in [6, 6.07) is 5.67. The molecule has 0 radical (unpaired) electrons. The maximum Gasteiger partial charge on any atom is 0.239 e. The molecule has 0 unspecified atom stereocenters. The minimum absolute atomic E-state index is 0.00720. The van der Waals surface area contributed by atoms with Gasteiger partial charge in [0.1, 0.15) is 0 Å². The first kappa shape index (κ1) is 13.6. The lowest BCUT2D eigenvalue weighted by molar-refractivity contribution is -0.119. The molecule has 1 aromatic carbocycles. The maximum atomic E-state index is 11.5. The highest BCUT2D eigenvalue weighted by Gasteiger charge is 2.14. The average Bonchev–Trinajstić information content (AvgIpc) is 2.80. The van der Waals surface area contributed by atoms with Crippen LogP contribution in [0.3, 0.4) is 0 Å². The largest absolute Gasteiger partial charge is 0.399 e. The van der Waals surface area contributed by atoms with Crippen molar-refractivity contribution in [1.29, 1.82) is 0 Å². The number of nitrogen functional groups attached to an aromatic ring is 1. The molecular formula is C13H18N4OS. The van der Waals surface area contributed by atoms with Crippen LogP contribution in [0.4, 0.5) is 10.8 Å². The summed E-state index contributed by atoms with van der Waals surface area (Å²) in [6.45, 7) is 3.23. The van der Waals surface area contributed by atoms with Gasteiger partial charge in [0.05, 0.1) is 16.8 Å². The van der Waals surface area contributed by atoms with E-state index >= 15 is 0 Å². The van der Waals surface area contributed by atoms with Crippen LogP contribution in [0.15, 0.2) is 18.2 Å². The number of hydrogen-bond acceptors (Lipinski definition) is 5. The van der Waals surface area contributed by atoms with Gasteiger partial charge < -0.3 is 16.0 Å². The van der Waals surface area contributed by atoms with E-state index in [9.17, 15) is 4.79 Å². The SMILES string of the molecule is CCCN(CC(=O)NC)c1nc2ccc(N)cc2s1. The zero-order chi connectivity index (χ0) is 13.8. The van der Waals surface area contributed by atoms with Gasteiger partial charge >= 0.3 is 0 Å². The predicted molar refractivity (Wildman–Crippen MR) is 80.6 cm³/mol. The molecule has 0 aliphatic rings. The van der Waals surface area contributed by atoms with Crippen molar-refractivity contribution in [2.24, 2.45) is 0 Å². The van der Waals surface area contributed by atoms with Crippen LogP contribution >= 0.6 is 11.3 Å². The van der Waals surface area contributed by atoms with Gasteiger partial charge in [-0.2, -0.15) is 0 Å². The van der Waals surface area contributed by atoms with Crippen molar-refractivity contribution in [2.45, 2.75) is 13.3 Å². The molecule has 19 heavy (non-hydrogen) atoms. The Hall–Kier alpha value is -1.82. The lowest BCUT2D eigenvalue weighted by Crippen LogP contribution is -2.36. The molecule has 102 valence electrons. The van der Waals surface area contributed by atoms with Gasteiger partial charge in [-0.15, -0.1) is 0 Å². The summed E-state index contributed by atoms with van der Waals surface area (Å²) < 4.78 is 1.05. The average molecular weight is 278 g/mol. The Morgan fingerprint density at radius 1 is 1.53 bits per heavy atom. The number of nitrogens with two attached hydrogens (primary N) is 1. The molecule has 6 heteroatoms. The molecule has 0 saturated carbocycles. The topological polar surface area (TPSA) is 71.2 Å². The van der Waals surface area contributed by atoms with E-state index in [0.29, 0.717) is 6.54 Å². The molecule has 0 saturated heterocycles. The molecule has 2 rings (SSSR count). The second-order valence-corrected chi connectivity index (χ2v) is 5.33. The number of rotatable bonds is 5. The van der Waals surface area contributed by atoms with Crippen LogP contribution in [0.2, 0.25) is 0 Å². The van der Waals surface area contributed by atoms with Crippen LogP contribution in [-0.2, 0) is 4.79 Å². The molecule has 5 nitrogen and oxygen atoms in total. The number of anilines is 2. The molecule has 2 aromatic rings. The molecule has 1 heterocycles. The van der Waals surface area contributed by atoms with Crippen molar-refractivity contribution in [1.82, 2.24) is 10.3 Å². The summed E-state index contributed by atoms with van der Waals surface area (Å²) in [6.07, 6.45) is 0.967. The number of carbonyl (C=O) groups is 1. The summed E-state index contributed by atoms with van der Waals surface area (Å²) in [7, 11) is 1.64. The van der Waals surface area contributed by atoms with E-state index in [1.165, 1.54) is 0 Å². The van der Waals surface area contributed by atoms with E-state index < -0.39 is 0 Å². The molecule has 0 aliphatic heterocycles. The number of benzene rings is 1. The van der Waals surface area contributed by atoms with Gasteiger partial charge in [-0.05, 0) is 24.6 Å². The Morgan fingerprint density at radius 3 is 3.00 bits per heavy atom. The lowest BCUT2D eigenvalue weighted by atomic mass is 10.3. The van der Waals surface area contributed by atoms with E-state index in [2.05, 4.69) is 17.2 Å². The Bertz CT molecular complexity index is 581. The van der Waals surface area contributed by atoms with Gasteiger partial charge in [0.25, 0.3) is 0 Å². The third-order valence-electron chi connectivity index (χ3n) is 2.78. The molecular weight excluding hydrogens is 260 g/mol. The first-order chi connectivity index (χ1) is 9.13. The Morgan fingerprint density at radius 2 is 2.32 bits per heavy atom. The Balaban J connectivity index is 2.30. The normalized spacial score (nSPS) is 10.6. The molecule has 0 aliphatic carbocycles. The van der Waals surface area contributed by atoms with Crippen molar-refractivity contribution in [3.8, 4) is 0 Å². The molecule has 0 atom stereocenters. The first-order valence-corrected chi connectivity index (χ1v) is 7.07. The number of carbonyl (C=O) groups excluding carboxylic acids is 1. The van der Waals surface area contributed by atoms with E-state index in [1.54, 1.807) is 18.4 Å². The zero-order valence-electron chi connectivity index (χ0n) is 11.1. The van der Waals surface area contributed by atoms with Crippen LogP contribution in [0, 0.1) is 0 Å². The monoisotopic (exact) mass is 278 g/mol. The van der Waals surface area contributed by atoms with Crippen molar-refractivity contribution < 1.29 is 4.79 Å². The maximum absolute atomic E-state index is 11.5. The number of likely N-dealkylation sites (N-methyl/N-ethyl adjacent to an activating group) is 1. The standard InChI is InChI=1S/C13H18N4OS/c1-3-6-17(8-12(18)15-2)13-16-10-5-4-9(14)7-11(10)19-13/h4-5,7H,3,6,8,14H2,1-2H3,(H,15,18). The first-order valence-electron chi connectivity index (χ1n) is 6.25. The molecule has 0 spiro atoms. The molecule has 0 bridgehead atoms. The minimum atomic E-state index is -0.00720. The van der Waals surface area contributed by atoms with E-state index in [1.807, 2.05) is 23.1 Å². The third-order valence-corrected chi connectivity index (χ3v) is 3.86. The Labute approximate surface area is 116 Å². The number of hydrogen-bond donors (Lipinski definition) is 2. The number of thiazole rings is 1. The zero-order valence-corrected chi connectivity index (χ0v) is 12.0. The van der Waals surface area contributed by atoms with Crippen molar-refractivity contribution in [3.63, 3.8) is 0 Å². The summed E-state index contributed by atoms with van der Waals surface area (Å²) in [5.41, 5.74) is 7.43. The molecule has 1 aromatic heterocycles. The second kappa shape index (κ2) is 5.88. The quantitative estimate of drug-likeness (QED) is 0.819. The highest BCUT2D eigenvalue weighted by atomic mass is 32.1. The van der Waals surface area contributed by atoms with E-state index in [4.69, 9.17) is 5.73 Å². The van der Waals surface area contributed by atoms with Crippen molar-refractivity contribution >= 4 is 38.3 Å². The van der Waals surface area contributed by atoms with Crippen molar-refractivity contribution in [3.05, 3.63) is 18.2 Å². The number of fused-ring (bicyclic) bond motifs is 1. The van der Waals surface area contributed by atoms with Gasteiger partial charge in [0.2, 0.25) is 5.91 Å². The second-order valence-electron chi connectivity index (χ2n) is 4.32. The lowest BCUT2D eigenvalue weighted by Gasteiger charge is -2.19. The van der Waals surface area contributed by atoms with Crippen LogP contribution in [0.25, 0.3) is 10.2 Å². The predicted octanol–water partition coefficient (Wildman–Crippen LogP) is 1.84. The fourth-order valence-electron chi connectivity index (χ4n) is 1.83. The molecule has 1 amide bonds. The van der Waals surface area contributed by atoms with E-state index in [0.717, 1.165) is 34.0 Å². The third kappa shape index (κ3) is 3.14. The van der Waals surface area contributed by atoms with Gasteiger partial charge in [-0.1, -0.05) is 18.3 Å². The van der Waals surface area contributed by atoms with Gasteiger partial charge in [-0.3, -0.25) is 4.79 Å². The fourth-order valence-corrected chi connectivity index (χ4v) is 2.87. The van der Waals surface area contributed by atoms with Crippen LogP contribution in [0.1, 0.15) is 13.3 Å². The molecule has 0 fully saturated rings. The Kier molecular flexibility index (Phi) is 4.21. The van der Waals surface area contributed by atoms with Crippen LogP contribution in [0.5, 0.6) is 0 Å². The summed E-state index contributed by atoms with van der Waals surface area (Å²) in [4.78, 5) is 18.1. The fraction of sp³-hybridized carbons (Fsp3) is 0.385. The van der Waals surface area contributed by atoms with Crippen LogP contribution in [-0.4, -0.2) is 31.0 Å². The van der Waals surface area contributed by atoms with Gasteiger partial charge in [-0.25, -0.2) is 4.98 Å². The number of amides is 1. The van der Waals surface area contributed by atoms with Gasteiger partial charge in [0.15, 0.2) is 5.13 Å². The summed E-state index contributed by atoms with van der Waals surface area (Å²) in [5.74, 6) is -0.00720.